The number of aliphatic hydroxyl groups is 1. The number of amides is 1. The number of nitrogens with one attached hydrogen (secondary N) is 1. The third kappa shape index (κ3) is 6.42. The summed E-state index contributed by atoms with van der Waals surface area (Å²) in [4.78, 5) is 21.9. The summed E-state index contributed by atoms with van der Waals surface area (Å²) in [7, 11) is 0. The zero-order valence-electron chi connectivity index (χ0n) is 8.96. The Kier molecular flexibility index (Phi) is 4.56. The van der Waals surface area contributed by atoms with Crippen LogP contribution < -0.4 is 5.32 Å². The summed E-state index contributed by atoms with van der Waals surface area (Å²) >= 11 is 0. The van der Waals surface area contributed by atoms with Gasteiger partial charge in [-0.3, -0.25) is 4.79 Å². The van der Waals surface area contributed by atoms with Crippen LogP contribution in [0.25, 0.3) is 0 Å². The van der Waals surface area contributed by atoms with Crippen molar-refractivity contribution < 1.29 is 19.4 Å². The zero-order valence-corrected chi connectivity index (χ0v) is 8.96. The lowest BCUT2D eigenvalue weighted by atomic mass is 10.2. The van der Waals surface area contributed by atoms with Crippen LogP contribution in [0.5, 0.6) is 0 Å². The molecule has 0 aliphatic rings. The second-order valence-electron chi connectivity index (χ2n) is 4.00. The van der Waals surface area contributed by atoms with Gasteiger partial charge in [0.2, 0.25) is 0 Å². The van der Waals surface area contributed by atoms with Crippen LogP contribution in [0.1, 0.15) is 27.7 Å². The SMILES string of the molecule is CC(O)C(=O)CNC(=O)OC(C)(C)C. The molecule has 0 aromatic heterocycles. The molecule has 2 N–H and O–H groups in total. The number of carbonyl (C=O) groups is 2. The van der Waals surface area contributed by atoms with Gasteiger partial charge in [0.15, 0.2) is 5.78 Å². The van der Waals surface area contributed by atoms with Crippen molar-refractivity contribution in [1.82, 2.24) is 5.32 Å². The van der Waals surface area contributed by atoms with Crippen molar-refractivity contribution in [2.45, 2.75) is 39.4 Å². The molecule has 0 aliphatic carbocycles. The van der Waals surface area contributed by atoms with Crippen molar-refractivity contribution in [1.29, 1.82) is 0 Å². The van der Waals surface area contributed by atoms with Gasteiger partial charge in [-0.05, 0) is 27.7 Å². The van der Waals surface area contributed by atoms with Gasteiger partial charge in [0.05, 0.1) is 6.54 Å². The van der Waals surface area contributed by atoms with E-state index in [0.717, 1.165) is 0 Å². The van der Waals surface area contributed by atoms with Crippen LogP contribution >= 0.6 is 0 Å². The number of alkyl carbamates (subject to hydrolysis) is 1. The molecule has 1 atom stereocenters. The van der Waals surface area contributed by atoms with E-state index in [1.54, 1.807) is 20.8 Å². The highest BCUT2D eigenvalue weighted by molar-refractivity contribution is 5.87. The van der Waals surface area contributed by atoms with Gasteiger partial charge in [-0.15, -0.1) is 0 Å². The highest BCUT2D eigenvalue weighted by Crippen LogP contribution is 2.06. The quantitative estimate of drug-likeness (QED) is 0.698. The molecule has 0 saturated heterocycles. The van der Waals surface area contributed by atoms with Gasteiger partial charge in [0, 0.05) is 0 Å². The highest BCUT2D eigenvalue weighted by Gasteiger charge is 2.17. The Labute approximate surface area is 83.4 Å². The summed E-state index contributed by atoms with van der Waals surface area (Å²) in [6, 6.07) is 0. The van der Waals surface area contributed by atoms with E-state index in [1.807, 2.05) is 0 Å². The zero-order chi connectivity index (χ0) is 11.4. The van der Waals surface area contributed by atoms with E-state index in [4.69, 9.17) is 9.84 Å². The van der Waals surface area contributed by atoms with Gasteiger partial charge >= 0.3 is 6.09 Å². The number of aliphatic hydroxyl groups excluding tert-OH is 1. The van der Waals surface area contributed by atoms with Gasteiger partial charge in [-0.2, -0.15) is 0 Å². The number of ether oxygens (including phenoxy) is 1. The smallest absolute Gasteiger partial charge is 0.408 e. The molecule has 82 valence electrons. The molecule has 0 aliphatic heterocycles. The maximum Gasteiger partial charge on any atom is 0.408 e. The lowest BCUT2D eigenvalue weighted by Gasteiger charge is -2.19. The largest absolute Gasteiger partial charge is 0.444 e. The van der Waals surface area contributed by atoms with Crippen LogP contribution in [0.3, 0.4) is 0 Å². The third-order valence-electron chi connectivity index (χ3n) is 1.27. The highest BCUT2D eigenvalue weighted by atomic mass is 16.6. The molecule has 0 rings (SSSR count). The number of ketones is 1. The van der Waals surface area contributed by atoms with Crippen LogP contribution in [0.4, 0.5) is 4.79 Å². The minimum absolute atomic E-state index is 0.216. The van der Waals surface area contributed by atoms with Crippen LogP contribution in [-0.2, 0) is 9.53 Å². The van der Waals surface area contributed by atoms with Crippen molar-refractivity contribution in [2.24, 2.45) is 0 Å². The van der Waals surface area contributed by atoms with Crippen LogP contribution in [-0.4, -0.2) is 35.2 Å². The standard InChI is InChI=1S/C9H17NO4/c1-6(11)7(12)5-10-8(13)14-9(2,3)4/h6,11H,5H2,1-4H3,(H,10,13). The Balaban J connectivity index is 3.81. The number of rotatable bonds is 3. The van der Waals surface area contributed by atoms with E-state index in [0.29, 0.717) is 0 Å². The van der Waals surface area contributed by atoms with Gasteiger partial charge in [0.1, 0.15) is 11.7 Å². The van der Waals surface area contributed by atoms with Gasteiger partial charge in [0.25, 0.3) is 0 Å². The molecule has 5 heteroatoms. The summed E-state index contributed by atoms with van der Waals surface area (Å²) < 4.78 is 4.88. The molecular weight excluding hydrogens is 186 g/mol. The first-order valence-corrected chi connectivity index (χ1v) is 4.40. The average molecular weight is 203 g/mol. The predicted molar refractivity (Wildman–Crippen MR) is 50.9 cm³/mol. The Morgan fingerprint density at radius 3 is 2.29 bits per heavy atom. The average Bonchev–Trinajstić information content (AvgIpc) is 1.96. The topological polar surface area (TPSA) is 75.6 Å². The molecule has 0 bridgehead atoms. The second kappa shape index (κ2) is 4.95. The normalized spacial score (nSPS) is 13.2. The molecule has 0 aromatic carbocycles. The van der Waals surface area contributed by atoms with E-state index in [-0.39, 0.29) is 6.54 Å². The fraction of sp³-hybridized carbons (Fsp3) is 0.778. The van der Waals surface area contributed by atoms with E-state index >= 15 is 0 Å². The Morgan fingerprint density at radius 1 is 1.43 bits per heavy atom. The first kappa shape index (κ1) is 12.9. The van der Waals surface area contributed by atoms with E-state index in [1.165, 1.54) is 6.92 Å². The number of carbonyl (C=O) groups excluding carboxylic acids is 2. The number of Topliss-reactive ketones (excluding diaryl/α,β-unsaturated/α-hetero) is 1. The lowest BCUT2D eigenvalue weighted by Crippen LogP contribution is -2.37. The maximum atomic E-state index is 11.0. The van der Waals surface area contributed by atoms with Crippen molar-refractivity contribution in [3.8, 4) is 0 Å². The van der Waals surface area contributed by atoms with Crippen molar-refractivity contribution in [2.75, 3.05) is 6.54 Å². The molecule has 0 heterocycles. The summed E-state index contributed by atoms with van der Waals surface area (Å²) in [5.74, 6) is -0.448. The van der Waals surface area contributed by atoms with Crippen LogP contribution in [0.2, 0.25) is 0 Å². The molecule has 0 spiro atoms. The molecule has 0 aromatic rings. The van der Waals surface area contributed by atoms with Crippen LogP contribution in [0, 0.1) is 0 Å². The molecular formula is C9H17NO4. The maximum absolute atomic E-state index is 11.0. The minimum Gasteiger partial charge on any atom is -0.444 e. The first-order valence-electron chi connectivity index (χ1n) is 4.40. The second-order valence-corrected chi connectivity index (χ2v) is 4.00. The van der Waals surface area contributed by atoms with Crippen molar-refractivity contribution in [3.05, 3.63) is 0 Å². The molecule has 5 nitrogen and oxygen atoms in total. The lowest BCUT2D eigenvalue weighted by molar-refractivity contribution is -0.125. The monoisotopic (exact) mass is 203 g/mol. The van der Waals surface area contributed by atoms with Crippen molar-refractivity contribution in [3.63, 3.8) is 0 Å². The van der Waals surface area contributed by atoms with Gasteiger partial charge in [-0.25, -0.2) is 4.79 Å². The number of hydrogen-bond donors (Lipinski definition) is 2. The fourth-order valence-electron chi connectivity index (χ4n) is 0.621. The summed E-state index contributed by atoms with van der Waals surface area (Å²) in [6.07, 6.45) is -1.73. The molecule has 14 heavy (non-hydrogen) atoms. The fourth-order valence-corrected chi connectivity index (χ4v) is 0.621. The third-order valence-corrected chi connectivity index (χ3v) is 1.27. The molecule has 0 fully saturated rings. The summed E-state index contributed by atoms with van der Waals surface area (Å²) in [5.41, 5.74) is -0.585. The Bertz CT molecular complexity index is 217. The summed E-state index contributed by atoms with van der Waals surface area (Å²) in [5, 5.41) is 11.1. The molecule has 0 radical (unpaired) electrons. The predicted octanol–water partition coefficient (Wildman–Crippen LogP) is 0.461. The van der Waals surface area contributed by atoms with E-state index < -0.39 is 23.6 Å². The molecule has 1 amide bonds. The van der Waals surface area contributed by atoms with E-state index in [9.17, 15) is 9.59 Å². The number of hydrogen-bond acceptors (Lipinski definition) is 4. The minimum atomic E-state index is -1.06. The summed E-state index contributed by atoms with van der Waals surface area (Å²) in [6.45, 7) is 6.31. The van der Waals surface area contributed by atoms with Crippen LogP contribution in [0.15, 0.2) is 0 Å². The Hall–Kier alpha value is -1.10. The van der Waals surface area contributed by atoms with Gasteiger partial charge < -0.3 is 15.2 Å². The molecule has 0 saturated carbocycles. The van der Waals surface area contributed by atoms with Gasteiger partial charge in [-0.1, -0.05) is 0 Å². The Morgan fingerprint density at radius 2 is 1.93 bits per heavy atom. The molecule has 1 unspecified atom stereocenters. The van der Waals surface area contributed by atoms with Crippen molar-refractivity contribution >= 4 is 11.9 Å². The van der Waals surface area contributed by atoms with E-state index in [2.05, 4.69) is 5.32 Å². The first-order chi connectivity index (χ1) is 6.22.